The zero-order valence-electron chi connectivity index (χ0n) is 6.79. The first-order valence-corrected chi connectivity index (χ1v) is 4.44. The molecule has 0 saturated heterocycles. The normalized spacial score (nSPS) is 16.3. The molecule has 1 heterocycles. The van der Waals surface area contributed by atoms with E-state index >= 15 is 0 Å². The topological polar surface area (TPSA) is 32.3 Å². The molecule has 62 valence electrons. The maximum Gasteiger partial charge on any atom is 0.0731 e. The second kappa shape index (κ2) is 3.34. The fraction of sp³-hybridized carbons (Fsp3) is 0.500. The maximum atomic E-state index is 9.10. The molecule has 1 rings (SSSR count). The van der Waals surface area contributed by atoms with Crippen LogP contribution >= 0.6 is 11.3 Å². The van der Waals surface area contributed by atoms with Gasteiger partial charge in [-0.3, -0.25) is 0 Å². The van der Waals surface area contributed by atoms with Crippen LogP contribution < -0.4 is 5.32 Å². The highest BCUT2D eigenvalue weighted by Crippen LogP contribution is 2.23. The lowest BCUT2D eigenvalue weighted by molar-refractivity contribution is 0.186. The van der Waals surface area contributed by atoms with Crippen molar-refractivity contribution in [1.29, 1.82) is 0 Å². The van der Waals surface area contributed by atoms with Crippen LogP contribution in [0.15, 0.2) is 17.5 Å². The van der Waals surface area contributed by atoms with Crippen molar-refractivity contribution in [1.82, 2.24) is 5.32 Å². The van der Waals surface area contributed by atoms with Crippen molar-refractivity contribution in [3.8, 4) is 0 Å². The summed E-state index contributed by atoms with van der Waals surface area (Å²) in [5, 5.41) is 14.2. The molecule has 1 aromatic rings. The van der Waals surface area contributed by atoms with E-state index in [4.69, 9.17) is 5.11 Å². The molecule has 0 bridgehead atoms. The molecule has 2 nitrogen and oxygen atoms in total. The predicted molar refractivity (Wildman–Crippen MR) is 47.8 cm³/mol. The Morgan fingerprint density at radius 3 is 2.82 bits per heavy atom. The van der Waals surface area contributed by atoms with Gasteiger partial charge in [0.1, 0.15) is 0 Å². The van der Waals surface area contributed by atoms with Gasteiger partial charge in [0.15, 0.2) is 0 Å². The number of thiophene rings is 1. The third-order valence-corrected chi connectivity index (χ3v) is 3.07. The number of hydrogen-bond acceptors (Lipinski definition) is 3. The molecule has 1 atom stereocenters. The van der Waals surface area contributed by atoms with Gasteiger partial charge in [-0.05, 0) is 25.4 Å². The molecule has 11 heavy (non-hydrogen) atoms. The van der Waals surface area contributed by atoms with Crippen molar-refractivity contribution in [2.45, 2.75) is 12.5 Å². The number of aliphatic hydroxyl groups is 1. The molecule has 3 heteroatoms. The number of nitrogens with one attached hydrogen (secondary N) is 1. The van der Waals surface area contributed by atoms with Crippen molar-refractivity contribution in [2.24, 2.45) is 0 Å². The molecule has 2 N–H and O–H groups in total. The van der Waals surface area contributed by atoms with E-state index < -0.39 is 0 Å². The minimum atomic E-state index is -0.270. The van der Waals surface area contributed by atoms with Gasteiger partial charge in [-0.15, -0.1) is 11.3 Å². The highest BCUT2D eigenvalue weighted by Gasteiger charge is 2.23. The predicted octanol–water partition coefficient (Wildman–Crippen LogP) is 1.18. The van der Waals surface area contributed by atoms with Crippen molar-refractivity contribution in [2.75, 3.05) is 13.7 Å². The molecule has 0 aliphatic heterocycles. The van der Waals surface area contributed by atoms with Crippen LogP contribution in [0, 0.1) is 0 Å². The summed E-state index contributed by atoms with van der Waals surface area (Å²) in [6.07, 6.45) is 0. The van der Waals surface area contributed by atoms with E-state index in [1.54, 1.807) is 11.3 Å². The molecule has 1 aromatic heterocycles. The second-order valence-corrected chi connectivity index (χ2v) is 3.67. The number of aliphatic hydroxyl groups excluding tert-OH is 1. The zero-order valence-corrected chi connectivity index (χ0v) is 7.61. The van der Waals surface area contributed by atoms with E-state index in [-0.39, 0.29) is 12.1 Å². The van der Waals surface area contributed by atoms with E-state index in [9.17, 15) is 0 Å². The van der Waals surface area contributed by atoms with Crippen LogP contribution in [0.1, 0.15) is 11.8 Å². The maximum absolute atomic E-state index is 9.10. The van der Waals surface area contributed by atoms with Gasteiger partial charge in [0.05, 0.1) is 12.1 Å². The summed E-state index contributed by atoms with van der Waals surface area (Å²) in [6.45, 7) is 2.11. The number of likely N-dealkylation sites (N-methyl/N-ethyl adjacent to an activating group) is 1. The van der Waals surface area contributed by atoms with E-state index in [0.717, 1.165) is 0 Å². The molecule has 0 spiro atoms. The summed E-state index contributed by atoms with van der Waals surface area (Å²) in [6, 6.07) is 4.02. The summed E-state index contributed by atoms with van der Waals surface area (Å²) >= 11 is 1.66. The summed E-state index contributed by atoms with van der Waals surface area (Å²) in [5.74, 6) is 0. The zero-order chi connectivity index (χ0) is 8.32. The molecule has 0 saturated carbocycles. The Morgan fingerprint density at radius 1 is 1.73 bits per heavy atom. The fourth-order valence-corrected chi connectivity index (χ4v) is 1.76. The summed E-state index contributed by atoms with van der Waals surface area (Å²) < 4.78 is 0. The average Bonchev–Trinajstić information content (AvgIpc) is 2.55. The Kier molecular flexibility index (Phi) is 2.65. The van der Waals surface area contributed by atoms with Gasteiger partial charge in [0, 0.05) is 4.88 Å². The first kappa shape index (κ1) is 8.71. The summed E-state index contributed by atoms with van der Waals surface area (Å²) in [5.41, 5.74) is -0.270. The lowest BCUT2D eigenvalue weighted by Gasteiger charge is -2.25. The van der Waals surface area contributed by atoms with Crippen molar-refractivity contribution in [3.05, 3.63) is 22.4 Å². The van der Waals surface area contributed by atoms with Crippen molar-refractivity contribution >= 4 is 11.3 Å². The van der Waals surface area contributed by atoms with Gasteiger partial charge < -0.3 is 10.4 Å². The highest BCUT2D eigenvalue weighted by molar-refractivity contribution is 7.10. The summed E-state index contributed by atoms with van der Waals surface area (Å²) in [4.78, 5) is 1.17. The smallest absolute Gasteiger partial charge is 0.0731 e. The highest BCUT2D eigenvalue weighted by atomic mass is 32.1. The minimum Gasteiger partial charge on any atom is -0.394 e. The molecule has 0 aliphatic carbocycles. The molecule has 0 aromatic carbocycles. The van der Waals surface area contributed by atoms with Crippen LogP contribution in [-0.4, -0.2) is 18.8 Å². The Balaban J connectivity index is 2.87. The van der Waals surface area contributed by atoms with Gasteiger partial charge in [0.2, 0.25) is 0 Å². The minimum absolute atomic E-state index is 0.129. The Labute approximate surface area is 70.9 Å². The van der Waals surface area contributed by atoms with Gasteiger partial charge in [-0.1, -0.05) is 6.07 Å². The Bertz CT molecular complexity index is 204. The van der Waals surface area contributed by atoms with Crippen molar-refractivity contribution in [3.63, 3.8) is 0 Å². The van der Waals surface area contributed by atoms with Gasteiger partial charge >= 0.3 is 0 Å². The molecule has 0 amide bonds. The molecule has 0 unspecified atom stereocenters. The van der Waals surface area contributed by atoms with Crippen LogP contribution in [-0.2, 0) is 5.54 Å². The molecular formula is C8H13NOS. The quantitative estimate of drug-likeness (QED) is 0.715. The van der Waals surface area contributed by atoms with E-state index in [1.165, 1.54) is 4.88 Å². The van der Waals surface area contributed by atoms with Gasteiger partial charge in [-0.2, -0.15) is 0 Å². The lowest BCUT2D eigenvalue weighted by atomic mass is 10.0. The molecule has 0 aliphatic rings. The van der Waals surface area contributed by atoms with Crippen molar-refractivity contribution < 1.29 is 5.11 Å². The number of hydrogen-bond donors (Lipinski definition) is 2. The molecule has 0 fully saturated rings. The lowest BCUT2D eigenvalue weighted by Crippen LogP contribution is -2.39. The summed E-state index contributed by atoms with van der Waals surface area (Å²) in [7, 11) is 1.86. The third-order valence-electron chi connectivity index (χ3n) is 1.93. The van der Waals surface area contributed by atoms with E-state index in [2.05, 4.69) is 5.32 Å². The largest absolute Gasteiger partial charge is 0.394 e. The SMILES string of the molecule is CN[C@@](C)(CO)c1cccs1. The Hall–Kier alpha value is -0.380. The van der Waals surface area contributed by atoms with Gasteiger partial charge in [0.25, 0.3) is 0 Å². The first-order chi connectivity index (χ1) is 5.23. The van der Waals surface area contributed by atoms with Gasteiger partial charge in [-0.25, -0.2) is 0 Å². The molecular weight excluding hydrogens is 158 g/mol. The standard InChI is InChI=1S/C8H13NOS/c1-8(6-10,9-2)7-4-3-5-11-7/h3-5,9-10H,6H2,1-2H3/t8-/m0/s1. The van der Waals surface area contributed by atoms with Crippen LogP contribution in [0.3, 0.4) is 0 Å². The molecule has 0 radical (unpaired) electrons. The van der Waals surface area contributed by atoms with Crippen LogP contribution in [0.25, 0.3) is 0 Å². The van der Waals surface area contributed by atoms with E-state index in [1.807, 2.05) is 31.5 Å². The monoisotopic (exact) mass is 171 g/mol. The van der Waals surface area contributed by atoms with E-state index in [0.29, 0.717) is 0 Å². The number of rotatable bonds is 3. The van der Waals surface area contributed by atoms with Crippen LogP contribution in [0.5, 0.6) is 0 Å². The Morgan fingerprint density at radius 2 is 2.45 bits per heavy atom. The average molecular weight is 171 g/mol. The second-order valence-electron chi connectivity index (χ2n) is 2.72. The third kappa shape index (κ3) is 1.61. The van der Waals surface area contributed by atoms with Crippen LogP contribution in [0.4, 0.5) is 0 Å². The fourth-order valence-electron chi connectivity index (χ4n) is 0.873. The first-order valence-electron chi connectivity index (χ1n) is 3.56. The van der Waals surface area contributed by atoms with Crippen LogP contribution in [0.2, 0.25) is 0 Å².